The highest BCUT2D eigenvalue weighted by Gasteiger charge is 2.38. The van der Waals surface area contributed by atoms with Gasteiger partial charge in [-0.2, -0.15) is 4.31 Å². The quantitative estimate of drug-likeness (QED) is 0.583. The summed E-state index contributed by atoms with van der Waals surface area (Å²) >= 11 is 0. The van der Waals surface area contributed by atoms with E-state index in [1.54, 1.807) is 38.4 Å². The van der Waals surface area contributed by atoms with Crippen molar-refractivity contribution in [2.75, 3.05) is 7.11 Å². The Labute approximate surface area is 169 Å². The van der Waals surface area contributed by atoms with E-state index < -0.39 is 28.0 Å². The average Bonchev–Trinajstić information content (AvgIpc) is 3.14. The summed E-state index contributed by atoms with van der Waals surface area (Å²) in [5.74, 6) is -1.12. The monoisotopic (exact) mass is 417 g/mol. The molecule has 1 heterocycles. The van der Waals surface area contributed by atoms with E-state index in [2.05, 4.69) is 9.97 Å². The molecule has 9 heteroatoms. The van der Waals surface area contributed by atoms with Gasteiger partial charge in [0.15, 0.2) is 0 Å². The number of nitrogens with one attached hydrogen (secondary N) is 1. The topological polar surface area (TPSA) is 113 Å². The van der Waals surface area contributed by atoms with E-state index in [4.69, 9.17) is 4.74 Å². The minimum Gasteiger partial charge on any atom is -0.497 e. The fourth-order valence-electron chi connectivity index (χ4n) is 3.22. The molecular formula is C20H23N3O5S. The number of H-pyrrole nitrogens is 1. The van der Waals surface area contributed by atoms with E-state index in [0.29, 0.717) is 11.3 Å². The van der Waals surface area contributed by atoms with Crippen LogP contribution in [0, 0.1) is 5.92 Å². The van der Waals surface area contributed by atoms with Crippen LogP contribution in [0.3, 0.4) is 0 Å². The summed E-state index contributed by atoms with van der Waals surface area (Å²) in [5, 5.41) is 9.78. The summed E-state index contributed by atoms with van der Waals surface area (Å²) in [6.45, 7) is 3.29. The summed E-state index contributed by atoms with van der Waals surface area (Å²) in [4.78, 5) is 19.1. The van der Waals surface area contributed by atoms with Gasteiger partial charge in [0.25, 0.3) is 0 Å². The maximum absolute atomic E-state index is 13.4. The van der Waals surface area contributed by atoms with Crippen molar-refractivity contribution in [3.63, 3.8) is 0 Å². The van der Waals surface area contributed by atoms with E-state index in [0.717, 1.165) is 15.3 Å². The third-order valence-corrected chi connectivity index (χ3v) is 6.53. The third-order valence-electron chi connectivity index (χ3n) is 4.68. The molecule has 8 nitrogen and oxygen atoms in total. The first kappa shape index (κ1) is 20.8. The molecule has 2 aromatic carbocycles. The summed E-state index contributed by atoms with van der Waals surface area (Å²) in [5.41, 5.74) is 2.16. The smallest absolute Gasteiger partial charge is 0.322 e. The first-order valence-electron chi connectivity index (χ1n) is 9.04. The Balaban J connectivity index is 2.06. The fourth-order valence-corrected chi connectivity index (χ4v) is 4.92. The highest BCUT2D eigenvalue weighted by Crippen LogP contribution is 2.27. The van der Waals surface area contributed by atoms with E-state index >= 15 is 0 Å². The van der Waals surface area contributed by atoms with Crippen molar-refractivity contribution in [3.05, 3.63) is 54.4 Å². The zero-order valence-corrected chi connectivity index (χ0v) is 17.2. The van der Waals surface area contributed by atoms with Crippen LogP contribution in [0.5, 0.6) is 5.75 Å². The molecule has 0 unspecified atom stereocenters. The van der Waals surface area contributed by atoms with Crippen LogP contribution in [0.4, 0.5) is 0 Å². The van der Waals surface area contributed by atoms with Crippen LogP contribution >= 0.6 is 0 Å². The number of imidazole rings is 1. The molecule has 0 saturated carbocycles. The molecule has 0 bridgehead atoms. The van der Waals surface area contributed by atoms with Gasteiger partial charge in [0.1, 0.15) is 11.8 Å². The van der Waals surface area contributed by atoms with Crippen molar-refractivity contribution in [2.24, 2.45) is 5.92 Å². The fraction of sp³-hybridized carbons (Fsp3) is 0.300. The number of hydrogen-bond donors (Lipinski definition) is 2. The number of hydrogen-bond acceptors (Lipinski definition) is 5. The summed E-state index contributed by atoms with van der Waals surface area (Å²) in [6.07, 6.45) is 1.55. The number of carboxylic acid groups (broad SMARTS) is 1. The number of nitrogens with zero attached hydrogens (tertiary/aromatic N) is 2. The molecular weight excluding hydrogens is 394 g/mol. The number of aliphatic carboxylic acids is 1. The van der Waals surface area contributed by atoms with Gasteiger partial charge in [-0.3, -0.25) is 4.79 Å². The molecule has 1 aromatic heterocycles. The van der Waals surface area contributed by atoms with E-state index in [1.807, 2.05) is 0 Å². The summed E-state index contributed by atoms with van der Waals surface area (Å²) < 4.78 is 32.9. The van der Waals surface area contributed by atoms with Crippen LogP contribution in [0.2, 0.25) is 0 Å². The van der Waals surface area contributed by atoms with Gasteiger partial charge in [-0.15, -0.1) is 0 Å². The number of carboxylic acids is 1. The number of aromatic amines is 1. The maximum atomic E-state index is 13.4. The van der Waals surface area contributed by atoms with Crippen molar-refractivity contribution in [1.82, 2.24) is 14.3 Å². The second-order valence-electron chi connectivity index (χ2n) is 7.01. The van der Waals surface area contributed by atoms with Crippen molar-refractivity contribution in [2.45, 2.75) is 31.3 Å². The second-order valence-corrected chi connectivity index (χ2v) is 8.90. The Morgan fingerprint density at radius 3 is 2.48 bits per heavy atom. The minimum atomic E-state index is -4.08. The molecule has 3 rings (SSSR count). The number of ether oxygens (including phenoxy) is 1. The number of benzene rings is 2. The Morgan fingerprint density at radius 1 is 1.21 bits per heavy atom. The van der Waals surface area contributed by atoms with Gasteiger partial charge < -0.3 is 14.8 Å². The Hall–Kier alpha value is -2.91. The van der Waals surface area contributed by atoms with E-state index in [-0.39, 0.29) is 11.4 Å². The van der Waals surface area contributed by atoms with Crippen LogP contribution in [0.15, 0.2) is 53.7 Å². The van der Waals surface area contributed by atoms with Crippen LogP contribution in [0.1, 0.15) is 19.4 Å². The van der Waals surface area contributed by atoms with Crippen LogP contribution in [-0.4, -0.2) is 46.9 Å². The van der Waals surface area contributed by atoms with Gasteiger partial charge in [0.2, 0.25) is 10.0 Å². The lowest BCUT2D eigenvalue weighted by molar-refractivity contribution is -0.143. The highest BCUT2D eigenvalue weighted by atomic mass is 32.2. The highest BCUT2D eigenvalue weighted by molar-refractivity contribution is 7.89. The molecule has 29 heavy (non-hydrogen) atoms. The Bertz CT molecular complexity index is 1110. The molecule has 1 atom stereocenters. The lowest BCUT2D eigenvalue weighted by Gasteiger charge is -2.30. The largest absolute Gasteiger partial charge is 0.497 e. The Kier molecular flexibility index (Phi) is 5.90. The van der Waals surface area contributed by atoms with Gasteiger partial charge >= 0.3 is 5.97 Å². The average molecular weight is 417 g/mol. The SMILES string of the molecule is COc1ccc(S(=O)(=O)N(Cc2ccc3nc[nH]c3c2)[C@@H](C(=O)O)C(C)C)cc1. The van der Waals surface area contributed by atoms with Gasteiger partial charge in [0, 0.05) is 6.54 Å². The summed E-state index contributed by atoms with van der Waals surface area (Å²) in [6, 6.07) is 9.97. The zero-order chi connectivity index (χ0) is 21.2. The number of rotatable bonds is 8. The van der Waals surface area contributed by atoms with Crippen molar-refractivity contribution in [3.8, 4) is 5.75 Å². The lowest BCUT2D eigenvalue weighted by atomic mass is 10.0. The molecule has 3 aromatic rings. The van der Waals surface area contributed by atoms with Crippen LogP contribution in [0.25, 0.3) is 11.0 Å². The number of methoxy groups -OCH3 is 1. The summed E-state index contributed by atoms with van der Waals surface area (Å²) in [7, 11) is -2.60. The predicted molar refractivity (Wildman–Crippen MR) is 108 cm³/mol. The molecule has 154 valence electrons. The number of fused-ring (bicyclic) bond motifs is 1. The number of sulfonamides is 1. The normalized spacial score (nSPS) is 13.1. The molecule has 0 saturated heterocycles. The lowest BCUT2D eigenvalue weighted by Crippen LogP contribution is -2.47. The van der Waals surface area contributed by atoms with Crippen molar-refractivity contribution < 1.29 is 23.1 Å². The zero-order valence-electron chi connectivity index (χ0n) is 16.4. The van der Waals surface area contributed by atoms with Gasteiger partial charge in [-0.05, 0) is 47.9 Å². The first-order chi connectivity index (χ1) is 13.7. The number of aromatic nitrogens is 2. The molecule has 0 aliphatic rings. The molecule has 0 aliphatic carbocycles. The van der Waals surface area contributed by atoms with Crippen LogP contribution < -0.4 is 4.74 Å². The minimum absolute atomic E-state index is 0.00724. The predicted octanol–water partition coefficient (Wildman–Crippen LogP) is 2.87. The number of carbonyl (C=O) groups is 1. The van der Waals surface area contributed by atoms with Crippen LogP contribution in [-0.2, 0) is 21.4 Å². The molecule has 0 radical (unpaired) electrons. The van der Waals surface area contributed by atoms with Gasteiger partial charge in [-0.25, -0.2) is 13.4 Å². The van der Waals surface area contributed by atoms with Gasteiger partial charge in [-0.1, -0.05) is 19.9 Å². The maximum Gasteiger partial charge on any atom is 0.322 e. The molecule has 0 spiro atoms. The Morgan fingerprint density at radius 2 is 1.90 bits per heavy atom. The molecule has 0 amide bonds. The second kappa shape index (κ2) is 8.22. The van der Waals surface area contributed by atoms with Crippen molar-refractivity contribution >= 4 is 27.0 Å². The molecule has 0 fully saturated rings. The molecule has 2 N–H and O–H groups in total. The third kappa shape index (κ3) is 4.25. The van der Waals surface area contributed by atoms with Crippen molar-refractivity contribution in [1.29, 1.82) is 0 Å². The van der Waals surface area contributed by atoms with E-state index in [1.165, 1.54) is 31.4 Å². The standard InChI is InChI=1S/C20H23N3O5S/c1-13(2)19(20(24)25)23(11-14-4-9-17-18(10-14)22-12-21-17)29(26,27)16-7-5-15(28-3)6-8-16/h4-10,12-13,19H,11H2,1-3H3,(H,21,22)(H,24,25)/t19-/m1/s1. The molecule has 0 aliphatic heterocycles. The first-order valence-corrected chi connectivity index (χ1v) is 10.5. The van der Waals surface area contributed by atoms with Gasteiger partial charge in [0.05, 0.1) is 29.4 Å². The van der Waals surface area contributed by atoms with E-state index in [9.17, 15) is 18.3 Å².